The van der Waals surface area contributed by atoms with Crippen molar-refractivity contribution in [1.82, 2.24) is 20.5 Å². The number of carbonyl (C=O) groups is 4. The molecular formula is C32H35F6N5O6. The van der Waals surface area contributed by atoms with Crippen LogP contribution < -0.4 is 15.5 Å². The van der Waals surface area contributed by atoms with Gasteiger partial charge in [-0.25, -0.2) is 9.59 Å². The zero-order valence-electron chi connectivity index (χ0n) is 26.4. The van der Waals surface area contributed by atoms with Gasteiger partial charge in [-0.1, -0.05) is 50.2 Å². The van der Waals surface area contributed by atoms with Crippen molar-refractivity contribution in [2.75, 3.05) is 31.2 Å². The molecule has 17 heteroatoms. The number of aromatic nitrogens is 1. The number of nitrogens with one attached hydrogen (secondary N) is 2. The summed E-state index contributed by atoms with van der Waals surface area (Å²) in [6.45, 7) is 7.20. The number of anilines is 1. The molecule has 0 unspecified atom stereocenters. The summed E-state index contributed by atoms with van der Waals surface area (Å²) >= 11 is 0. The topological polar surface area (TPSA) is 152 Å². The van der Waals surface area contributed by atoms with Gasteiger partial charge in [-0.2, -0.15) is 26.3 Å². The van der Waals surface area contributed by atoms with Crippen molar-refractivity contribution >= 4 is 40.3 Å². The van der Waals surface area contributed by atoms with Gasteiger partial charge in [0.1, 0.15) is 5.54 Å². The average molecular weight is 700 g/mol. The maximum absolute atomic E-state index is 13.1. The lowest BCUT2D eigenvalue weighted by Gasteiger charge is -2.44. The van der Waals surface area contributed by atoms with E-state index in [2.05, 4.69) is 51.4 Å². The van der Waals surface area contributed by atoms with Crippen LogP contribution in [0.5, 0.6) is 0 Å². The molecule has 1 atom stereocenters. The standard InChI is InChI=1S/C28H33N5O2.2C2HF3O2/c1-20(2)25(31-26(34)22-16-21-8-6-7-11-24(21)29-17-22)18-32-14-12-28(13-15-32)27(35)30-19-33(28)23-9-4-3-5-10-23;2*3-2(4,5)1(6)7/h3-11,16-17,20,25H,12-15,18-19H2,1-2H3,(H,30,35)(H,31,34);2*(H,6,7)/t25-;;/m1../s1. The number of fused-ring (bicyclic) bond motifs is 1. The molecule has 2 aliphatic rings. The van der Waals surface area contributed by atoms with Crippen LogP contribution in [0, 0.1) is 5.92 Å². The second-order valence-electron chi connectivity index (χ2n) is 11.6. The zero-order chi connectivity index (χ0) is 36.6. The Labute approximate surface area is 276 Å². The Bertz CT molecular complexity index is 1590. The van der Waals surface area contributed by atoms with Crippen molar-refractivity contribution in [3.63, 3.8) is 0 Å². The summed E-state index contributed by atoms with van der Waals surface area (Å²) < 4.78 is 63.5. The van der Waals surface area contributed by atoms with Gasteiger partial charge in [-0.3, -0.25) is 14.6 Å². The number of alkyl halides is 6. The fourth-order valence-electron chi connectivity index (χ4n) is 5.29. The summed E-state index contributed by atoms with van der Waals surface area (Å²) in [5, 5.41) is 21.5. The molecule has 49 heavy (non-hydrogen) atoms. The van der Waals surface area contributed by atoms with E-state index in [0.29, 0.717) is 12.2 Å². The molecule has 0 radical (unpaired) electrons. The van der Waals surface area contributed by atoms with Crippen LogP contribution in [0.25, 0.3) is 10.9 Å². The molecule has 2 saturated heterocycles. The summed E-state index contributed by atoms with van der Waals surface area (Å²) in [5.74, 6) is -5.21. The maximum Gasteiger partial charge on any atom is 0.490 e. The maximum atomic E-state index is 13.1. The number of para-hydroxylation sites is 2. The average Bonchev–Trinajstić information content (AvgIpc) is 3.36. The molecule has 0 bridgehead atoms. The summed E-state index contributed by atoms with van der Waals surface area (Å²) in [6, 6.07) is 19.9. The molecule has 5 rings (SSSR count). The molecule has 2 fully saturated rings. The van der Waals surface area contributed by atoms with Crippen molar-refractivity contribution in [3.05, 3.63) is 72.4 Å². The van der Waals surface area contributed by atoms with Crippen LogP contribution >= 0.6 is 0 Å². The minimum Gasteiger partial charge on any atom is -0.475 e. The molecule has 4 N–H and O–H groups in total. The summed E-state index contributed by atoms with van der Waals surface area (Å²) in [6.07, 6.45) is -6.99. The Kier molecular flexibility index (Phi) is 12.6. The highest BCUT2D eigenvalue weighted by atomic mass is 19.4. The van der Waals surface area contributed by atoms with Gasteiger partial charge >= 0.3 is 24.3 Å². The number of halogens is 6. The third-order valence-electron chi connectivity index (χ3n) is 8.00. The molecular weight excluding hydrogens is 664 g/mol. The van der Waals surface area contributed by atoms with E-state index < -0.39 is 29.8 Å². The lowest BCUT2D eigenvalue weighted by atomic mass is 9.85. The van der Waals surface area contributed by atoms with E-state index in [0.717, 1.165) is 49.1 Å². The van der Waals surface area contributed by atoms with Gasteiger partial charge in [0.2, 0.25) is 5.91 Å². The lowest BCUT2D eigenvalue weighted by Crippen LogP contribution is -2.58. The number of nitrogens with zero attached hydrogens (tertiary/aromatic N) is 3. The molecule has 1 aromatic heterocycles. The van der Waals surface area contributed by atoms with Crippen molar-refractivity contribution in [3.8, 4) is 0 Å². The molecule has 0 saturated carbocycles. The molecule has 2 amide bonds. The number of aliphatic carboxylic acids is 2. The van der Waals surface area contributed by atoms with Crippen LogP contribution in [0.4, 0.5) is 32.0 Å². The number of rotatable bonds is 6. The Morgan fingerprint density at radius 3 is 1.98 bits per heavy atom. The number of likely N-dealkylation sites (tertiary alicyclic amines) is 1. The highest BCUT2D eigenvalue weighted by Gasteiger charge is 2.50. The number of carboxylic acids is 2. The minimum atomic E-state index is -5.08. The van der Waals surface area contributed by atoms with Crippen LogP contribution in [0.15, 0.2) is 66.9 Å². The lowest BCUT2D eigenvalue weighted by molar-refractivity contribution is -0.193. The highest BCUT2D eigenvalue weighted by Crippen LogP contribution is 2.36. The molecule has 0 aliphatic carbocycles. The van der Waals surface area contributed by atoms with E-state index in [-0.39, 0.29) is 23.8 Å². The van der Waals surface area contributed by atoms with Gasteiger partial charge in [-0.05, 0) is 43.0 Å². The predicted octanol–water partition coefficient (Wildman–Crippen LogP) is 4.68. The first-order valence-corrected chi connectivity index (χ1v) is 14.9. The first kappa shape index (κ1) is 38.5. The van der Waals surface area contributed by atoms with Crippen molar-refractivity contribution in [2.45, 2.75) is 50.6 Å². The van der Waals surface area contributed by atoms with E-state index in [1.54, 1.807) is 6.20 Å². The van der Waals surface area contributed by atoms with Crippen LogP contribution in [0.2, 0.25) is 0 Å². The molecule has 2 aliphatic heterocycles. The van der Waals surface area contributed by atoms with Crippen LogP contribution in [-0.4, -0.2) is 94.1 Å². The van der Waals surface area contributed by atoms with Crippen molar-refractivity contribution in [1.29, 1.82) is 0 Å². The number of benzene rings is 2. The van der Waals surface area contributed by atoms with Crippen molar-refractivity contribution < 1.29 is 55.7 Å². The van der Waals surface area contributed by atoms with Gasteiger partial charge in [-0.15, -0.1) is 0 Å². The summed E-state index contributed by atoms with van der Waals surface area (Å²) in [7, 11) is 0. The fraction of sp³-hybridized carbons (Fsp3) is 0.406. The molecule has 1 spiro atoms. The van der Waals surface area contributed by atoms with Gasteiger partial charge in [0.15, 0.2) is 0 Å². The number of pyridine rings is 1. The number of carboxylic acid groups (broad SMARTS) is 2. The number of amides is 2. The van der Waals surface area contributed by atoms with E-state index in [4.69, 9.17) is 19.8 Å². The number of piperidine rings is 1. The Balaban J connectivity index is 0.000000392. The van der Waals surface area contributed by atoms with Gasteiger partial charge < -0.3 is 30.6 Å². The summed E-state index contributed by atoms with van der Waals surface area (Å²) in [5.41, 5.74) is 2.04. The van der Waals surface area contributed by atoms with Crippen LogP contribution in [-0.2, 0) is 14.4 Å². The Morgan fingerprint density at radius 1 is 0.918 bits per heavy atom. The van der Waals surface area contributed by atoms with Crippen molar-refractivity contribution in [2.24, 2.45) is 5.92 Å². The fourth-order valence-corrected chi connectivity index (χ4v) is 5.29. The molecule has 11 nitrogen and oxygen atoms in total. The summed E-state index contributed by atoms with van der Waals surface area (Å²) in [4.78, 5) is 52.8. The number of hydrogen-bond acceptors (Lipinski definition) is 7. The van der Waals surface area contributed by atoms with Gasteiger partial charge in [0.05, 0.1) is 17.7 Å². The van der Waals surface area contributed by atoms with Gasteiger partial charge in [0, 0.05) is 42.9 Å². The van der Waals surface area contributed by atoms with E-state index >= 15 is 0 Å². The number of hydrogen-bond donors (Lipinski definition) is 4. The van der Waals surface area contributed by atoms with E-state index in [9.17, 15) is 35.9 Å². The number of carbonyl (C=O) groups excluding carboxylic acids is 2. The molecule has 266 valence electrons. The second kappa shape index (κ2) is 16.0. The van der Waals surface area contributed by atoms with E-state index in [1.165, 1.54) is 0 Å². The monoisotopic (exact) mass is 699 g/mol. The zero-order valence-corrected chi connectivity index (χ0v) is 26.4. The van der Waals surface area contributed by atoms with Crippen LogP contribution in [0.1, 0.15) is 37.0 Å². The Morgan fingerprint density at radius 2 is 1.45 bits per heavy atom. The SMILES string of the molecule is CC(C)[C@@H](CN1CCC2(CC1)C(=O)NCN2c1ccccc1)NC(=O)c1cnc2ccccc2c1.O=C(O)C(F)(F)F.O=C(O)C(F)(F)F. The minimum absolute atomic E-state index is 0.00523. The smallest absolute Gasteiger partial charge is 0.475 e. The molecule has 3 heterocycles. The second-order valence-corrected chi connectivity index (χ2v) is 11.6. The first-order valence-electron chi connectivity index (χ1n) is 14.9. The highest BCUT2D eigenvalue weighted by molar-refractivity contribution is 5.97. The third kappa shape index (κ3) is 10.3. The van der Waals surface area contributed by atoms with Gasteiger partial charge in [0.25, 0.3) is 5.91 Å². The normalized spacial score (nSPS) is 16.6. The quantitative estimate of drug-likeness (QED) is 0.269. The first-order chi connectivity index (χ1) is 22.8. The molecule has 3 aromatic rings. The predicted molar refractivity (Wildman–Crippen MR) is 166 cm³/mol. The largest absolute Gasteiger partial charge is 0.490 e. The van der Waals surface area contributed by atoms with E-state index in [1.807, 2.05) is 48.5 Å². The Hall–Kier alpha value is -4.93. The molecule has 2 aromatic carbocycles. The third-order valence-corrected chi connectivity index (χ3v) is 8.00. The van der Waals surface area contributed by atoms with Crippen LogP contribution in [0.3, 0.4) is 0 Å².